The molecule has 2 aromatic carbocycles. The predicted molar refractivity (Wildman–Crippen MR) is 123 cm³/mol. The first-order valence-corrected chi connectivity index (χ1v) is 12.7. The third-order valence-corrected chi connectivity index (χ3v) is 7.51. The highest BCUT2D eigenvalue weighted by atomic mass is 32.2. The van der Waals surface area contributed by atoms with E-state index in [1.807, 2.05) is 12.1 Å². The highest BCUT2D eigenvalue weighted by Crippen LogP contribution is 2.49. The van der Waals surface area contributed by atoms with Crippen LogP contribution in [0.5, 0.6) is 0 Å². The lowest BCUT2D eigenvalue weighted by atomic mass is 9.91. The summed E-state index contributed by atoms with van der Waals surface area (Å²) in [6, 6.07) is 15.8. The number of hydrogen-bond donors (Lipinski definition) is 3. The molecule has 2 saturated carbocycles. The summed E-state index contributed by atoms with van der Waals surface area (Å²) in [4.78, 5) is 22.0. The molecule has 1 amide bonds. The maximum atomic E-state index is 12.9. The third-order valence-electron chi connectivity index (χ3n) is 6.11. The fourth-order valence-electron chi connectivity index (χ4n) is 4.01. The molecule has 0 aromatic heterocycles. The van der Waals surface area contributed by atoms with Crippen molar-refractivity contribution in [3.05, 3.63) is 60.2 Å². The average molecular weight is 513 g/mol. The normalized spacial score (nSPS) is 17.5. The first-order chi connectivity index (χ1) is 16.4. The number of carboxylic acid groups (broad SMARTS) is 1. The zero-order chi connectivity index (χ0) is 25.7. The van der Waals surface area contributed by atoms with E-state index >= 15 is 0 Å². The number of aliphatic carboxylic acids is 1. The Balaban J connectivity index is 0.000000429. The molecule has 4 rings (SSSR count). The maximum absolute atomic E-state index is 12.9. The lowest BCUT2D eigenvalue weighted by Gasteiger charge is -2.25. The van der Waals surface area contributed by atoms with Crippen LogP contribution in [0.15, 0.2) is 59.5 Å². The fraction of sp³-hybridized carbons (Fsp3) is 0.417. The van der Waals surface area contributed by atoms with Crippen molar-refractivity contribution in [2.75, 3.05) is 4.72 Å². The topological polar surface area (TPSA) is 113 Å². The summed E-state index contributed by atoms with van der Waals surface area (Å²) in [6.45, 7) is 0. The summed E-state index contributed by atoms with van der Waals surface area (Å²) in [5, 5.41) is 10.4. The minimum absolute atomic E-state index is 0.122. The van der Waals surface area contributed by atoms with Gasteiger partial charge in [0, 0.05) is 11.7 Å². The van der Waals surface area contributed by atoms with E-state index in [0.29, 0.717) is 11.7 Å². The van der Waals surface area contributed by atoms with E-state index in [9.17, 15) is 26.4 Å². The van der Waals surface area contributed by atoms with Gasteiger partial charge in [-0.1, -0.05) is 49.6 Å². The second-order valence-electron chi connectivity index (χ2n) is 8.69. The number of halogens is 3. The summed E-state index contributed by atoms with van der Waals surface area (Å²) >= 11 is 0. The van der Waals surface area contributed by atoms with Gasteiger partial charge in [0.25, 0.3) is 10.0 Å². The number of carbonyl (C=O) groups excluding carboxylic acids is 1. The predicted octanol–water partition coefficient (Wildman–Crippen LogP) is 4.60. The van der Waals surface area contributed by atoms with Gasteiger partial charge in [0.2, 0.25) is 5.91 Å². The standard InChI is InChI=1S/C22H26N2O3S.C2HF3O2/c25-21(23-18-7-3-1-4-8-18)22(15-16-22)17-11-13-19(14-12-17)24-28(26,27)20-9-5-2-6-10-20;3-2(4,5)1(6)7/h2,5-6,9-14,18,24H,1,3-4,7-8,15-16H2,(H,23,25);(H,6,7). The van der Waals surface area contributed by atoms with Crippen LogP contribution in [-0.2, 0) is 25.0 Å². The molecular weight excluding hydrogens is 485 g/mol. The maximum Gasteiger partial charge on any atom is 0.490 e. The first-order valence-electron chi connectivity index (χ1n) is 11.2. The number of carbonyl (C=O) groups is 2. The monoisotopic (exact) mass is 512 g/mol. The number of nitrogens with one attached hydrogen (secondary N) is 2. The Bertz CT molecular complexity index is 1130. The van der Waals surface area contributed by atoms with E-state index in [4.69, 9.17) is 9.90 Å². The Morgan fingerprint density at radius 1 is 0.914 bits per heavy atom. The van der Waals surface area contributed by atoms with Gasteiger partial charge in [-0.25, -0.2) is 13.2 Å². The van der Waals surface area contributed by atoms with Gasteiger partial charge in [-0.15, -0.1) is 0 Å². The van der Waals surface area contributed by atoms with Crippen LogP contribution >= 0.6 is 0 Å². The van der Waals surface area contributed by atoms with Gasteiger partial charge in [0.15, 0.2) is 0 Å². The summed E-state index contributed by atoms with van der Waals surface area (Å²) in [6.07, 6.45) is 2.39. The lowest BCUT2D eigenvalue weighted by Crippen LogP contribution is -2.42. The van der Waals surface area contributed by atoms with Crippen LogP contribution < -0.4 is 10.0 Å². The molecule has 2 aromatic rings. The number of amides is 1. The molecule has 2 aliphatic rings. The highest BCUT2D eigenvalue weighted by molar-refractivity contribution is 7.92. The van der Waals surface area contributed by atoms with Gasteiger partial charge in [0.05, 0.1) is 10.3 Å². The molecule has 35 heavy (non-hydrogen) atoms. The molecule has 3 N–H and O–H groups in total. The number of anilines is 1. The minimum Gasteiger partial charge on any atom is -0.475 e. The van der Waals surface area contributed by atoms with Crippen molar-refractivity contribution in [3.8, 4) is 0 Å². The van der Waals surface area contributed by atoms with Gasteiger partial charge in [-0.3, -0.25) is 9.52 Å². The van der Waals surface area contributed by atoms with Gasteiger partial charge < -0.3 is 10.4 Å². The van der Waals surface area contributed by atoms with Crippen LogP contribution in [0.25, 0.3) is 0 Å². The molecule has 190 valence electrons. The molecule has 0 atom stereocenters. The van der Waals surface area contributed by atoms with E-state index in [0.717, 1.165) is 31.2 Å². The molecule has 0 spiro atoms. The molecule has 0 radical (unpaired) electrons. The highest BCUT2D eigenvalue weighted by Gasteiger charge is 2.51. The number of rotatable bonds is 6. The van der Waals surface area contributed by atoms with Crippen LogP contribution in [0.2, 0.25) is 0 Å². The summed E-state index contributed by atoms with van der Waals surface area (Å²) in [5.41, 5.74) is 1.02. The number of hydrogen-bond acceptors (Lipinski definition) is 4. The van der Waals surface area contributed by atoms with Gasteiger partial charge >= 0.3 is 12.1 Å². The van der Waals surface area contributed by atoms with E-state index in [1.165, 1.54) is 19.3 Å². The molecule has 0 unspecified atom stereocenters. The smallest absolute Gasteiger partial charge is 0.475 e. The summed E-state index contributed by atoms with van der Waals surface area (Å²) in [7, 11) is -3.61. The largest absolute Gasteiger partial charge is 0.490 e. The second-order valence-corrected chi connectivity index (χ2v) is 10.4. The molecule has 2 aliphatic carbocycles. The molecule has 2 fully saturated rings. The molecule has 0 heterocycles. The van der Waals surface area contributed by atoms with Crippen LogP contribution in [0, 0.1) is 0 Å². The molecule has 0 aliphatic heterocycles. The Kier molecular flexibility index (Phi) is 8.09. The number of alkyl halides is 3. The van der Waals surface area contributed by atoms with Crippen molar-refractivity contribution in [3.63, 3.8) is 0 Å². The molecule has 7 nitrogen and oxygen atoms in total. The second kappa shape index (κ2) is 10.7. The van der Waals surface area contributed by atoms with Gasteiger partial charge in [0.1, 0.15) is 0 Å². The first kappa shape index (κ1) is 26.5. The van der Waals surface area contributed by atoms with E-state index < -0.39 is 27.6 Å². The minimum atomic E-state index is -5.08. The lowest BCUT2D eigenvalue weighted by molar-refractivity contribution is -0.192. The molecule has 0 bridgehead atoms. The Morgan fingerprint density at radius 3 is 1.94 bits per heavy atom. The zero-order valence-electron chi connectivity index (χ0n) is 18.8. The van der Waals surface area contributed by atoms with Crippen LogP contribution in [0.1, 0.15) is 50.5 Å². The fourth-order valence-corrected chi connectivity index (χ4v) is 5.09. The Hall–Kier alpha value is -3.08. The third kappa shape index (κ3) is 6.97. The van der Waals surface area contributed by atoms with Crippen LogP contribution in [0.4, 0.5) is 18.9 Å². The molecule has 0 saturated heterocycles. The average Bonchev–Trinajstić information content (AvgIpc) is 3.63. The van der Waals surface area contributed by atoms with Crippen molar-refractivity contribution in [2.45, 2.75) is 67.5 Å². The van der Waals surface area contributed by atoms with E-state index in [2.05, 4.69) is 10.0 Å². The quantitative estimate of drug-likeness (QED) is 0.524. The summed E-state index contributed by atoms with van der Waals surface area (Å²) < 4.78 is 59.2. The van der Waals surface area contributed by atoms with Crippen molar-refractivity contribution in [1.82, 2.24) is 5.32 Å². The van der Waals surface area contributed by atoms with Crippen molar-refractivity contribution < 1.29 is 36.3 Å². The Labute approximate surface area is 201 Å². The van der Waals surface area contributed by atoms with E-state index in [1.54, 1.807) is 42.5 Å². The summed E-state index contributed by atoms with van der Waals surface area (Å²) in [5.74, 6) is -2.63. The zero-order valence-corrected chi connectivity index (χ0v) is 19.7. The Morgan fingerprint density at radius 2 is 1.46 bits per heavy atom. The number of benzene rings is 2. The molecular formula is C24H27F3N2O5S. The van der Waals surface area contributed by atoms with Crippen molar-refractivity contribution in [2.24, 2.45) is 0 Å². The number of carboxylic acids is 1. The number of sulfonamides is 1. The van der Waals surface area contributed by atoms with Crippen molar-refractivity contribution >= 4 is 27.6 Å². The van der Waals surface area contributed by atoms with Crippen LogP contribution in [0.3, 0.4) is 0 Å². The SMILES string of the molecule is O=C(NC1CCCCC1)C1(c2ccc(NS(=O)(=O)c3ccccc3)cc2)CC1.O=C(O)C(F)(F)F. The van der Waals surface area contributed by atoms with Gasteiger partial charge in [-0.2, -0.15) is 13.2 Å². The molecule has 11 heteroatoms. The van der Waals surface area contributed by atoms with E-state index in [-0.39, 0.29) is 10.8 Å². The van der Waals surface area contributed by atoms with Gasteiger partial charge in [-0.05, 0) is 55.5 Å². The van der Waals surface area contributed by atoms with Crippen LogP contribution in [-0.4, -0.2) is 37.6 Å². The van der Waals surface area contributed by atoms with Crippen molar-refractivity contribution in [1.29, 1.82) is 0 Å².